The molecule has 1 aliphatic heterocycles. The molecule has 4 heterocycles. The maximum atomic E-state index is 11.7. The van der Waals surface area contributed by atoms with Crippen LogP contribution in [0.2, 0.25) is 0 Å². The number of anilines is 2. The fourth-order valence-electron chi connectivity index (χ4n) is 2.88. The zero-order valence-electron chi connectivity index (χ0n) is 13.2. The molecule has 0 aliphatic carbocycles. The van der Waals surface area contributed by atoms with Crippen LogP contribution in [0.3, 0.4) is 0 Å². The highest BCUT2D eigenvalue weighted by molar-refractivity contribution is 7.21. The number of primary amides is 1. The summed E-state index contributed by atoms with van der Waals surface area (Å²) in [5, 5.41) is 2.62. The number of thiophene rings is 2. The van der Waals surface area contributed by atoms with E-state index in [-0.39, 0.29) is 5.78 Å². The molecule has 3 aromatic heterocycles. The zero-order chi connectivity index (χ0) is 17.6. The van der Waals surface area contributed by atoms with Crippen LogP contribution < -0.4 is 16.4 Å². The first-order chi connectivity index (χ1) is 12.0. The van der Waals surface area contributed by atoms with Gasteiger partial charge < -0.3 is 16.4 Å². The summed E-state index contributed by atoms with van der Waals surface area (Å²) in [6.45, 7) is 1.19. The van der Waals surface area contributed by atoms with Crippen LogP contribution in [0.15, 0.2) is 17.5 Å². The number of carbonyl (C=O) groups is 2. The van der Waals surface area contributed by atoms with E-state index in [1.54, 1.807) is 11.3 Å². The Morgan fingerprint density at radius 2 is 2.00 bits per heavy atom. The van der Waals surface area contributed by atoms with Gasteiger partial charge in [-0.05, 0) is 11.4 Å². The van der Waals surface area contributed by atoms with Crippen LogP contribution in [-0.2, 0) is 4.79 Å². The Bertz CT molecular complexity index is 970. The van der Waals surface area contributed by atoms with Gasteiger partial charge in [-0.25, -0.2) is 9.97 Å². The average molecular weight is 373 g/mol. The predicted octanol–water partition coefficient (Wildman–Crippen LogP) is 2.27. The molecule has 25 heavy (non-hydrogen) atoms. The molecule has 0 unspecified atom stereocenters. The van der Waals surface area contributed by atoms with Crippen LogP contribution in [0.1, 0.15) is 22.5 Å². The number of nitrogen functional groups attached to an aromatic ring is 1. The third-order valence-electron chi connectivity index (χ3n) is 4.16. The van der Waals surface area contributed by atoms with Gasteiger partial charge in [-0.2, -0.15) is 0 Å². The third kappa shape index (κ3) is 2.75. The average Bonchev–Trinajstić information content (AvgIpc) is 3.23. The van der Waals surface area contributed by atoms with Crippen molar-refractivity contribution in [2.75, 3.05) is 23.7 Å². The number of nitrogens with zero attached hydrogens (tertiary/aromatic N) is 3. The summed E-state index contributed by atoms with van der Waals surface area (Å²) in [5.41, 5.74) is 12.6. The van der Waals surface area contributed by atoms with Gasteiger partial charge in [-0.1, -0.05) is 6.07 Å². The monoisotopic (exact) mass is 373 g/mol. The largest absolute Gasteiger partial charge is 0.397 e. The van der Waals surface area contributed by atoms with Crippen molar-refractivity contribution in [3.8, 4) is 10.6 Å². The van der Waals surface area contributed by atoms with Gasteiger partial charge in [-0.15, -0.1) is 22.7 Å². The van der Waals surface area contributed by atoms with Crippen molar-refractivity contribution in [1.82, 2.24) is 9.97 Å². The summed E-state index contributed by atoms with van der Waals surface area (Å²) in [7, 11) is 0. The van der Waals surface area contributed by atoms with Crippen molar-refractivity contribution in [3.05, 3.63) is 22.4 Å². The van der Waals surface area contributed by atoms with Crippen LogP contribution in [0, 0.1) is 0 Å². The number of hydrogen-bond acceptors (Lipinski definition) is 8. The van der Waals surface area contributed by atoms with Crippen LogP contribution >= 0.6 is 22.7 Å². The standard InChI is InChI=1S/C16H15N5O2S2/c17-11-10-12(9-2-1-7-24-9)19-16(21-5-3-8(22)4-6-21)20-15(10)25-13(11)14(18)23/h1-2,7H,3-6,17H2,(H2,18,23). The molecule has 4 N–H and O–H groups in total. The van der Waals surface area contributed by atoms with E-state index < -0.39 is 5.91 Å². The summed E-state index contributed by atoms with van der Waals surface area (Å²) in [5.74, 6) is 0.246. The van der Waals surface area contributed by atoms with E-state index in [1.807, 2.05) is 22.4 Å². The van der Waals surface area contributed by atoms with E-state index in [2.05, 4.69) is 4.98 Å². The molecular formula is C16H15N5O2S2. The molecule has 0 aromatic carbocycles. The van der Waals surface area contributed by atoms with Gasteiger partial charge in [0.05, 0.1) is 21.6 Å². The van der Waals surface area contributed by atoms with E-state index in [4.69, 9.17) is 16.5 Å². The Morgan fingerprint density at radius 3 is 2.64 bits per heavy atom. The molecule has 1 aliphatic rings. The number of amides is 1. The van der Waals surface area contributed by atoms with Crippen molar-refractivity contribution in [3.63, 3.8) is 0 Å². The maximum Gasteiger partial charge on any atom is 0.260 e. The first kappa shape index (κ1) is 16.0. The van der Waals surface area contributed by atoms with Gasteiger partial charge in [0.2, 0.25) is 5.95 Å². The fourth-order valence-corrected chi connectivity index (χ4v) is 4.55. The summed E-state index contributed by atoms with van der Waals surface area (Å²) in [4.78, 5) is 36.4. The molecule has 7 nitrogen and oxygen atoms in total. The van der Waals surface area contributed by atoms with Crippen molar-refractivity contribution in [2.45, 2.75) is 12.8 Å². The first-order valence-electron chi connectivity index (χ1n) is 7.75. The molecule has 0 bridgehead atoms. The van der Waals surface area contributed by atoms with Crippen LogP contribution in [0.4, 0.5) is 11.6 Å². The van der Waals surface area contributed by atoms with Crippen LogP contribution in [-0.4, -0.2) is 34.7 Å². The number of rotatable bonds is 3. The number of carbonyl (C=O) groups excluding carboxylic acids is 2. The molecule has 1 saturated heterocycles. The Hall–Kier alpha value is -2.52. The van der Waals surface area contributed by atoms with Crippen LogP contribution in [0.5, 0.6) is 0 Å². The molecule has 0 saturated carbocycles. The van der Waals surface area contributed by atoms with E-state index >= 15 is 0 Å². The van der Waals surface area contributed by atoms with Gasteiger partial charge in [0.25, 0.3) is 5.91 Å². The van der Waals surface area contributed by atoms with E-state index in [9.17, 15) is 9.59 Å². The fraction of sp³-hybridized carbons (Fsp3) is 0.250. The number of aromatic nitrogens is 2. The maximum absolute atomic E-state index is 11.7. The Labute approximate surface area is 151 Å². The summed E-state index contributed by atoms with van der Waals surface area (Å²) < 4.78 is 0. The summed E-state index contributed by atoms with van der Waals surface area (Å²) >= 11 is 2.73. The number of hydrogen-bond donors (Lipinski definition) is 2. The lowest BCUT2D eigenvalue weighted by Crippen LogP contribution is -2.35. The number of fused-ring (bicyclic) bond motifs is 1. The second-order valence-corrected chi connectivity index (χ2v) is 7.71. The minimum atomic E-state index is -0.567. The lowest BCUT2D eigenvalue weighted by atomic mass is 10.1. The first-order valence-corrected chi connectivity index (χ1v) is 9.44. The minimum absolute atomic E-state index is 0.257. The molecule has 0 spiro atoms. The number of Topliss-reactive ketones (excluding diaryl/α,β-unsaturated/α-hetero) is 1. The molecule has 0 atom stereocenters. The van der Waals surface area contributed by atoms with Gasteiger partial charge in [0.1, 0.15) is 15.5 Å². The highest BCUT2D eigenvalue weighted by Gasteiger charge is 2.24. The second-order valence-electron chi connectivity index (χ2n) is 5.76. The van der Waals surface area contributed by atoms with Gasteiger partial charge >= 0.3 is 0 Å². The van der Waals surface area contributed by atoms with Crippen molar-refractivity contribution in [1.29, 1.82) is 0 Å². The summed E-state index contributed by atoms with van der Waals surface area (Å²) in [6.07, 6.45) is 0.990. The minimum Gasteiger partial charge on any atom is -0.397 e. The van der Waals surface area contributed by atoms with Crippen molar-refractivity contribution < 1.29 is 9.59 Å². The van der Waals surface area contributed by atoms with Crippen molar-refractivity contribution >= 4 is 56.2 Å². The molecule has 1 amide bonds. The van der Waals surface area contributed by atoms with Crippen LogP contribution in [0.25, 0.3) is 20.8 Å². The SMILES string of the molecule is NC(=O)c1sc2nc(N3CCC(=O)CC3)nc(-c3cccs3)c2c1N. The van der Waals surface area contributed by atoms with E-state index in [1.165, 1.54) is 11.3 Å². The third-order valence-corrected chi connectivity index (χ3v) is 6.15. The Balaban J connectivity index is 1.92. The van der Waals surface area contributed by atoms with E-state index in [0.717, 1.165) is 4.88 Å². The smallest absolute Gasteiger partial charge is 0.260 e. The normalized spacial score (nSPS) is 15.0. The highest BCUT2D eigenvalue weighted by atomic mass is 32.1. The number of ketones is 1. The molecule has 0 radical (unpaired) electrons. The molecule has 128 valence electrons. The topological polar surface area (TPSA) is 115 Å². The Morgan fingerprint density at radius 1 is 1.24 bits per heavy atom. The molecule has 9 heteroatoms. The molecule has 1 fully saturated rings. The summed E-state index contributed by atoms with van der Waals surface area (Å²) in [6, 6.07) is 3.89. The molecule has 4 rings (SSSR count). The van der Waals surface area contributed by atoms with Gasteiger partial charge in [-0.3, -0.25) is 9.59 Å². The van der Waals surface area contributed by atoms with Gasteiger partial charge in [0, 0.05) is 25.9 Å². The van der Waals surface area contributed by atoms with Crippen molar-refractivity contribution in [2.24, 2.45) is 5.73 Å². The number of nitrogens with two attached hydrogens (primary N) is 2. The second kappa shape index (κ2) is 6.08. The quantitative estimate of drug-likeness (QED) is 0.728. The number of piperidine rings is 1. The lowest BCUT2D eigenvalue weighted by molar-refractivity contribution is -0.119. The molecule has 3 aromatic rings. The van der Waals surface area contributed by atoms with E-state index in [0.29, 0.717) is 58.4 Å². The predicted molar refractivity (Wildman–Crippen MR) is 100 cm³/mol. The highest BCUT2D eigenvalue weighted by Crippen LogP contribution is 2.40. The zero-order valence-corrected chi connectivity index (χ0v) is 14.8. The van der Waals surface area contributed by atoms with Gasteiger partial charge in [0.15, 0.2) is 0 Å². The Kier molecular flexibility index (Phi) is 3.89. The lowest BCUT2D eigenvalue weighted by Gasteiger charge is -2.26. The molecular weight excluding hydrogens is 358 g/mol.